The standard InChI is InChI=1S/C22H27N3O3/c1-28-21(26)18-8-5-9-19(13-18)25-22(27)24-15-20-11-10-17(14-23-20)12-16-6-3-2-4-7-16/h2-9,13,17,20,23H,10-12,14-15H2,1H3,(H2,24,25,27)/t17-,20+/m1/s1. The number of anilines is 1. The van der Waals surface area contributed by atoms with Crippen molar-refractivity contribution >= 4 is 17.7 Å². The predicted molar refractivity (Wildman–Crippen MR) is 109 cm³/mol. The molecule has 0 bridgehead atoms. The number of piperidine rings is 1. The first-order chi connectivity index (χ1) is 13.6. The molecule has 3 N–H and O–H groups in total. The number of methoxy groups -OCH3 is 1. The zero-order chi connectivity index (χ0) is 19.8. The van der Waals surface area contributed by atoms with Crippen LogP contribution in [-0.2, 0) is 11.2 Å². The van der Waals surface area contributed by atoms with Crippen LogP contribution in [-0.4, -0.2) is 38.2 Å². The van der Waals surface area contributed by atoms with E-state index in [1.165, 1.54) is 12.7 Å². The molecule has 1 heterocycles. The zero-order valence-corrected chi connectivity index (χ0v) is 16.1. The minimum absolute atomic E-state index is 0.277. The zero-order valence-electron chi connectivity index (χ0n) is 16.1. The Balaban J connectivity index is 1.39. The van der Waals surface area contributed by atoms with Gasteiger partial charge in [-0.05, 0) is 55.5 Å². The van der Waals surface area contributed by atoms with E-state index in [1.54, 1.807) is 24.3 Å². The highest BCUT2D eigenvalue weighted by molar-refractivity contribution is 5.93. The first-order valence-electron chi connectivity index (χ1n) is 9.64. The van der Waals surface area contributed by atoms with E-state index in [0.717, 1.165) is 25.8 Å². The Morgan fingerprint density at radius 1 is 1.11 bits per heavy atom. The third-order valence-electron chi connectivity index (χ3n) is 5.04. The minimum atomic E-state index is -0.430. The Kier molecular flexibility index (Phi) is 7.03. The van der Waals surface area contributed by atoms with Crippen molar-refractivity contribution in [1.82, 2.24) is 10.6 Å². The lowest BCUT2D eigenvalue weighted by Gasteiger charge is -2.30. The van der Waals surface area contributed by atoms with Crippen molar-refractivity contribution < 1.29 is 14.3 Å². The number of esters is 1. The van der Waals surface area contributed by atoms with E-state index in [2.05, 4.69) is 40.2 Å². The van der Waals surface area contributed by atoms with Crippen LogP contribution in [0.5, 0.6) is 0 Å². The number of carbonyl (C=O) groups excluding carboxylic acids is 2. The van der Waals surface area contributed by atoms with Crippen molar-refractivity contribution in [3.8, 4) is 0 Å². The van der Waals surface area contributed by atoms with Gasteiger partial charge in [-0.1, -0.05) is 36.4 Å². The summed E-state index contributed by atoms with van der Waals surface area (Å²) in [7, 11) is 1.33. The third kappa shape index (κ3) is 5.82. The minimum Gasteiger partial charge on any atom is -0.465 e. The van der Waals surface area contributed by atoms with Gasteiger partial charge in [-0.3, -0.25) is 0 Å². The summed E-state index contributed by atoms with van der Waals surface area (Å²) in [5.41, 5.74) is 2.33. The maximum Gasteiger partial charge on any atom is 0.337 e. The highest BCUT2D eigenvalue weighted by Gasteiger charge is 2.21. The summed E-state index contributed by atoms with van der Waals surface area (Å²) in [6.07, 6.45) is 3.28. The molecular formula is C22H27N3O3. The van der Waals surface area contributed by atoms with Crippen molar-refractivity contribution in [3.63, 3.8) is 0 Å². The number of nitrogens with one attached hydrogen (secondary N) is 3. The first kappa shape index (κ1) is 19.9. The smallest absolute Gasteiger partial charge is 0.337 e. The van der Waals surface area contributed by atoms with Gasteiger partial charge in [0.25, 0.3) is 0 Å². The number of amides is 2. The summed E-state index contributed by atoms with van der Waals surface area (Å²) in [6, 6.07) is 17.2. The summed E-state index contributed by atoms with van der Waals surface area (Å²) in [4.78, 5) is 23.7. The van der Waals surface area contributed by atoms with Crippen molar-refractivity contribution in [2.45, 2.75) is 25.3 Å². The number of rotatable bonds is 6. The van der Waals surface area contributed by atoms with Gasteiger partial charge in [-0.25, -0.2) is 9.59 Å². The highest BCUT2D eigenvalue weighted by Crippen LogP contribution is 2.19. The summed E-state index contributed by atoms with van der Waals surface area (Å²) in [6.45, 7) is 1.53. The largest absolute Gasteiger partial charge is 0.465 e. The average Bonchev–Trinajstić information content (AvgIpc) is 2.73. The van der Waals surface area contributed by atoms with Crippen molar-refractivity contribution in [1.29, 1.82) is 0 Å². The summed E-state index contributed by atoms with van der Waals surface area (Å²) in [5, 5.41) is 9.19. The van der Waals surface area contributed by atoms with Gasteiger partial charge < -0.3 is 20.7 Å². The lowest BCUT2D eigenvalue weighted by molar-refractivity contribution is 0.0600. The van der Waals surface area contributed by atoms with Gasteiger partial charge in [0.1, 0.15) is 0 Å². The molecule has 0 radical (unpaired) electrons. The topological polar surface area (TPSA) is 79.5 Å². The normalized spacial score (nSPS) is 18.9. The maximum absolute atomic E-state index is 12.1. The Morgan fingerprint density at radius 3 is 2.64 bits per heavy atom. The van der Waals surface area contributed by atoms with E-state index in [4.69, 9.17) is 4.74 Å². The molecule has 0 aromatic heterocycles. The molecule has 28 heavy (non-hydrogen) atoms. The number of urea groups is 1. The van der Waals surface area contributed by atoms with E-state index in [1.807, 2.05) is 6.07 Å². The monoisotopic (exact) mass is 381 g/mol. The average molecular weight is 381 g/mol. The van der Waals surface area contributed by atoms with Crippen LogP contribution in [0.3, 0.4) is 0 Å². The fraction of sp³-hybridized carbons (Fsp3) is 0.364. The molecule has 148 valence electrons. The molecule has 2 aromatic rings. The fourth-order valence-electron chi connectivity index (χ4n) is 3.50. The van der Waals surface area contributed by atoms with E-state index in [-0.39, 0.29) is 12.1 Å². The van der Waals surface area contributed by atoms with E-state index < -0.39 is 5.97 Å². The highest BCUT2D eigenvalue weighted by atomic mass is 16.5. The molecule has 1 aliphatic heterocycles. The maximum atomic E-state index is 12.1. The molecule has 2 aromatic carbocycles. The molecule has 0 unspecified atom stereocenters. The molecule has 2 atom stereocenters. The number of hydrogen-bond donors (Lipinski definition) is 3. The molecule has 2 amide bonds. The van der Waals surface area contributed by atoms with Crippen LogP contribution in [0.2, 0.25) is 0 Å². The van der Waals surface area contributed by atoms with Gasteiger partial charge in [-0.15, -0.1) is 0 Å². The fourth-order valence-corrected chi connectivity index (χ4v) is 3.50. The van der Waals surface area contributed by atoms with Gasteiger partial charge in [0, 0.05) is 18.3 Å². The van der Waals surface area contributed by atoms with Crippen LogP contribution < -0.4 is 16.0 Å². The Labute approximate surface area is 165 Å². The van der Waals surface area contributed by atoms with Gasteiger partial charge in [0.2, 0.25) is 0 Å². The summed E-state index contributed by atoms with van der Waals surface area (Å²) in [5.74, 6) is 0.203. The molecule has 1 aliphatic rings. The molecule has 0 spiro atoms. The summed E-state index contributed by atoms with van der Waals surface area (Å²) < 4.78 is 4.69. The number of benzene rings is 2. The second-order valence-corrected chi connectivity index (χ2v) is 7.15. The number of ether oxygens (including phenoxy) is 1. The first-order valence-corrected chi connectivity index (χ1v) is 9.64. The molecular weight excluding hydrogens is 354 g/mol. The second-order valence-electron chi connectivity index (χ2n) is 7.15. The second kappa shape index (κ2) is 9.90. The van der Waals surface area contributed by atoms with Crippen LogP contribution >= 0.6 is 0 Å². The molecule has 1 fully saturated rings. The quantitative estimate of drug-likeness (QED) is 0.672. The van der Waals surface area contributed by atoms with Crippen molar-refractivity contribution in [3.05, 3.63) is 65.7 Å². The van der Waals surface area contributed by atoms with Crippen LogP contribution in [0, 0.1) is 5.92 Å². The van der Waals surface area contributed by atoms with Gasteiger partial charge in [0.05, 0.1) is 12.7 Å². The molecule has 1 saturated heterocycles. The van der Waals surface area contributed by atoms with Crippen molar-refractivity contribution in [2.24, 2.45) is 5.92 Å². The van der Waals surface area contributed by atoms with Gasteiger partial charge in [0.15, 0.2) is 0 Å². The van der Waals surface area contributed by atoms with E-state index in [9.17, 15) is 9.59 Å². The van der Waals surface area contributed by atoms with Crippen LogP contribution in [0.15, 0.2) is 54.6 Å². The number of carbonyl (C=O) groups is 2. The van der Waals surface area contributed by atoms with E-state index >= 15 is 0 Å². The molecule has 0 saturated carbocycles. The Morgan fingerprint density at radius 2 is 1.93 bits per heavy atom. The molecule has 0 aliphatic carbocycles. The van der Waals surface area contributed by atoms with E-state index in [0.29, 0.717) is 23.7 Å². The lowest BCUT2D eigenvalue weighted by Crippen LogP contribution is -2.47. The molecule has 3 rings (SSSR count). The van der Waals surface area contributed by atoms with Crippen LogP contribution in [0.1, 0.15) is 28.8 Å². The molecule has 6 nitrogen and oxygen atoms in total. The Bertz CT molecular complexity index is 787. The van der Waals surface area contributed by atoms with Gasteiger partial charge in [-0.2, -0.15) is 0 Å². The van der Waals surface area contributed by atoms with Gasteiger partial charge >= 0.3 is 12.0 Å². The van der Waals surface area contributed by atoms with Crippen LogP contribution in [0.25, 0.3) is 0 Å². The molecule has 6 heteroatoms. The SMILES string of the molecule is COC(=O)c1cccc(NC(=O)NC[C@@H]2CC[C@H](Cc3ccccc3)CN2)c1. The summed E-state index contributed by atoms with van der Waals surface area (Å²) >= 11 is 0. The predicted octanol–water partition coefficient (Wildman–Crippen LogP) is 3.21. The Hall–Kier alpha value is -2.86. The van der Waals surface area contributed by atoms with Crippen LogP contribution in [0.4, 0.5) is 10.5 Å². The lowest BCUT2D eigenvalue weighted by atomic mass is 9.89. The van der Waals surface area contributed by atoms with Crippen molar-refractivity contribution in [2.75, 3.05) is 25.5 Å². The third-order valence-corrected chi connectivity index (χ3v) is 5.04. The number of hydrogen-bond acceptors (Lipinski definition) is 4.